The average Bonchev–Trinajstić information content (AvgIpc) is 3.45. The highest BCUT2D eigenvalue weighted by Crippen LogP contribution is 2.47. The lowest BCUT2D eigenvalue weighted by atomic mass is 9.84. The number of hydrogen-bond acceptors (Lipinski definition) is 8. The molecule has 3 aromatic carbocycles. The summed E-state index contributed by atoms with van der Waals surface area (Å²) < 4.78 is 25.7. The van der Waals surface area contributed by atoms with E-state index in [0.29, 0.717) is 58.9 Å². The van der Waals surface area contributed by atoms with Crippen LogP contribution >= 0.6 is 11.7 Å². The first kappa shape index (κ1) is 23.6. The summed E-state index contributed by atoms with van der Waals surface area (Å²) in [6, 6.07) is 18.8. The topological polar surface area (TPSA) is 90.8 Å². The lowest BCUT2D eigenvalue weighted by molar-refractivity contribution is -0.185. The maximum atomic E-state index is 13.4. The molecule has 3 heterocycles. The second-order valence-electron chi connectivity index (χ2n) is 10.3. The number of carbonyl (C=O) groups is 1. The third-order valence-electron chi connectivity index (χ3n) is 6.83. The number of nitrogens with zero attached hydrogens (tertiary/aromatic N) is 2. The van der Waals surface area contributed by atoms with Crippen LogP contribution < -0.4 is 9.47 Å². The maximum absolute atomic E-state index is 13.4. The van der Waals surface area contributed by atoms with E-state index in [0.717, 1.165) is 22.8 Å². The molecular formula is C29H26N2O5S. The zero-order valence-electron chi connectivity index (χ0n) is 20.8. The van der Waals surface area contributed by atoms with Gasteiger partial charge in [-0.2, -0.15) is 8.75 Å². The van der Waals surface area contributed by atoms with Crippen molar-refractivity contribution in [1.29, 1.82) is 0 Å². The fourth-order valence-corrected chi connectivity index (χ4v) is 5.31. The van der Waals surface area contributed by atoms with Gasteiger partial charge in [-0.3, -0.25) is 0 Å². The minimum absolute atomic E-state index is 0.0122. The van der Waals surface area contributed by atoms with E-state index >= 15 is 0 Å². The smallest absolute Gasteiger partial charge is 0.342 e. The van der Waals surface area contributed by atoms with Crippen molar-refractivity contribution >= 4 is 34.3 Å². The molecule has 0 bridgehead atoms. The number of carbonyl (C=O) groups excluding carboxylic acids is 1. The highest BCUT2D eigenvalue weighted by molar-refractivity contribution is 7.00. The van der Waals surface area contributed by atoms with Crippen molar-refractivity contribution in [2.24, 2.45) is 0 Å². The van der Waals surface area contributed by atoms with Gasteiger partial charge in [-0.1, -0.05) is 51.1 Å². The number of rotatable bonds is 4. The molecule has 188 valence electrons. The Kier molecular flexibility index (Phi) is 5.54. The number of aromatic nitrogens is 2. The van der Waals surface area contributed by atoms with Gasteiger partial charge in [0.05, 0.1) is 17.3 Å². The van der Waals surface area contributed by atoms with Crippen LogP contribution in [0.5, 0.6) is 11.5 Å². The van der Waals surface area contributed by atoms with E-state index in [1.807, 2.05) is 30.3 Å². The van der Waals surface area contributed by atoms with Crippen molar-refractivity contribution < 1.29 is 24.1 Å². The molecule has 0 aliphatic carbocycles. The van der Waals surface area contributed by atoms with Crippen molar-refractivity contribution in [3.63, 3.8) is 0 Å². The van der Waals surface area contributed by atoms with Crippen LogP contribution in [0.4, 0.5) is 0 Å². The predicted octanol–water partition coefficient (Wildman–Crippen LogP) is 5.16. The average molecular weight is 515 g/mol. The van der Waals surface area contributed by atoms with Crippen LogP contribution in [0.2, 0.25) is 0 Å². The first-order valence-electron chi connectivity index (χ1n) is 12.1. The quantitative estimate of drug-likeness (QED) is 0.376. The molecule has 6 rings (SSSR count). The molecule has 2 aliphatic heterocycles. The van der Waals surface area contributed by atoms with Gasteiger partial charge in [-0.25, -0.2) is 4.79 Å². The summed E-state index contributed by atoms with van der Waals surface area (Å²) in [7, 11) is 0. The maximum Gasteiger partial charge on any atom is 0.342 e. The number of fused-ring (bicyclic) bond motifs is 2. The third-order valence-corrected chi connectivity index (χ3v) is 7.39. The molecule has 8 heteroatoms. The number of aliphatic hydroxyl groups is 1. The molecule has 1 aromatic heterocycles. The molecule has 0 saturated carbocycles. The largest absolute Gasteiger partial charge is 0.486 e. The molecule has 37 heavy (non-hydrogen) atoms. The van der Waals surface area contributed by atoms with E-state index in [1.54, 1.807) is 18.2 Å². The lowest BCUT2D eigenvalue weighted by Crippen LogP contribution is -2.30. The Balaban J connectivity index is 1.49. The van der Waals surface area contributed by atoms with Crippen molar-refractivity contribution in [2.45, 2.75) is 38.4 Å². The molecule has 1 atom stereocenters. The predicted molar refractivity (Wildman–Crippen MR) is 141 cm³/mol. The summed E-state index contributed by atoms with van der Waals surface area (Å²) in [5.74, 6) is -1.47. The normalized spacial score (nSPS) is 19.4. The molecule has 0 saturated heterocycles. The van der Waals surface area contributed by atoms with Crippen LogP contribution in [0, 0.1) is 0 Å². The molecule has 4 aromatic rings. The zero-order valence-corrected chi connectivity index (χ0v) is 21.6. The van der Waals surface area contributed by atoms with Gasteiger partial charge in [0, 0.05) is 17.6 Å². The second kappa shape index (κ2) is 8.68. The minimum atomic E-state index is -1.97. The Morgan fingerprint density at radius 1 is 0.919 bits per heavy atom. The monoisotopic (exact) mass is 514 g/mol. The van der Waals surface area contributed by atoms with Crippen LogP contribution in [0.3, 0.4) is 0 Å². The van der Waals surface area contributed by atoms with E-state index in [1.165, 1.54) is 5.56 Å². The molecule has 1 unspecified atom stereocenters. The van der Waals surface area contributed by atoms with Gasteiger partial charge in [-0.05, 0) is 52.4 Å². The van der Waals surface area contributed by atoms with Gasteiger partial charge >= 0.3 is 5.97 Å². The van der Waals surface area contributed by atoms with Crippen LogP contribution in [0.15, 0.2) is 66.2 Å². The van der Waals surface area contributed by atoms with E-state index in [9.17, 15) is 9.90 Å². The lowest BCUT2D eigenvalue weighted by Gasteiger charge is -2.27. The third kappa shape index (κ3) is 4.16. The fourth-order valence-electron chi connectivity index (χ4n) is 4.79. The van der Waals surface area contributed by atoms with Crippen molar-refractivity contribution in [2.75, 3.05) is 13.2 Å². The molecule has 0 amide bonds. The van der Waals surface area contributed by atoms with Crippen LogP contribution in [-0.4, -0.2) is 33.0 Å². The van der Waals surface area contributed by atoms with Gasteiger partial charge in [0.1, 0.15) is 24.2 Å². The van der Waals surface area contributed by atoms with Gasteiger partial charge < -0.3 is 19.3 Å². The van der Waals surface area contributed by atoms with E-state index in [4.69, 9.17) is 14.2 Å². The summed E-state index contributed by atoms with van der Waals surface area (Å²) in [5.41, 5.74) is 5.41. The molecule has 2 aliphatic rings. The molecular weight excluding hydrogens is 488 g/mol. The number of ether oxygens (including phenoxy) is 3. The molecule has 0 radical (unpaired) electrons. The van der Waals surface area contributed by atoms with E-state index in [-0.39, 0.29) is 5.41 Å². The van der Waals surface area contributed by atoms with E-state index < -0.39 is 11.8 Å². The van der Waals surface area contributed by atoms with Crippen LogP contribution in [0.1, 0.15) is 43.0 Å². The number of esters is 1. The Labute approximate surface area is 218 Å². The summed E-state index contributed by atoms with van der Waals surface area (Å²) >= 11 is 1.11. The fraction of sp³-hybridized carbons (Fsp3) is 0.276. The molecule has 0 fully saturated rings. The van der Waals surface area contributed by atoms with Gasteiger partial charge in [0.15, 0.2) is 11.5 Å². The SMILES string of the molecule is CC(C)(C)c1ccc(CC2=C(c3ccc4nsnc4c3)C(=O)OC2(O)c2ccc3c(c2)OCCO3)cc1. The van der Waals surface area contributed by atoms with Crippen molar-refractivity contribution in [3.8, 4) is 11.5 Å². The summed E-state index contributed by atoms with van der Waals surface area (Å²) in [4.78, 5) is 13.4. The first-order valence-corrected chi connectivity index (χ1v) is 12.9. The number of cyclic esters (lactones) is 1. The Morgan fingerprint density at radius 3 is 2.41 bits per heavy atom. The summed E-state index contributed by atoms with van der Waals surface area (Å²) in [5, 5.41) is 12.0. The highest BCUT2D eigenvalue weighted by Gasteiger charge is 2.48. The van der Waals surface area contributed by atoms with Crippen LogP contribution in [-0.2, 0) is 27.2 Å². The Hall–Kier alpha value is -3.75. The molecule has 1 N–H and O–H groups in total. The standard InChI is InChI=1S/C29H26N2O5S/c1-28(2,3)19-7-4-17(5-8-19)14-21-26(18-6-10-22-23(15-18)31-37-30-22)27(32)36-29(21,33)20-9-11-24-25(16-20)35-13-12-34-24/h4-11,15-16,33H,12-14H2,1-3H3. The zero-order chi connectivity index (χ0) is 25.8. The van der Waals surface area contributed by atoms with E-state index in [2.05, 4.69) is 41.7 Å². The van der Waals surface area contributed by atoms with Gasteiger partial charge in [-0.15, -0.1) is 0 Å². The van der Waals surface area contributed by atoms with Crippen LogP contribution in [0.25, 0.3) is 16.6 Å². The number of hydrogen-bond donors (Lipinski definition) is 1. The van der Waals surface area contributed by atoms with Gasteiger partial charge in [0.25, 0.3) is 5.79 Å². The summed E-state index contributed by atoms with van der Waals surface area (Å²) in [6.07, 6.45) is 0.309. The van der Waals surface area contributed by atoms with Gasteiger partial charge in [0.2, 0.25) is 0 Å². The van der Waals surface area contributed by atoms with Crippen molar-refractivity contribution in [3.05, 3.63) is 88.5 Å². The minimum Gasteiger partial charge on any atom is -0.486 e. The Bertz CT molecular complexity index is 1550. The molecule has 0 spiro atoms. The second-order valence-corrected chi connectivity index (χ2v) is 10.9. The van der Waals surface area contributed by atoms with Crippen molar-refractivity contribution in [1.82, 2.24) is 8.75 Å². The Morgan fingerprint density at radius 2 is 1.65 bits per heavy atom. The first-order chi connectivity index (χ1) is 17.7. The number of benzene rings is 3. The highest BCUT2D eigenvalue weighted by atomic mass is 32.1. The molecule has 7 nitrogen and oxygen atoms in total. The summed E-state index contributed by atoms with van der Waals surface area (Å²) in [6.45, 7) is 7.35.